The molecule has 2 aliphatic rings. The van der Waals surface area contributed by atoms with E-state index in [0.29, 0.717) is 31.2 Å². The lowest BCUT2D eigenvalue weighted by Gasteiger charge is -2.31. The molecule has 0 N–H and O–H groups in total. The van der Waals surface area contributed by atoms with Crippen molar-refractivity contribution < 1.29 is 27.5 Å². The summed E-state index contributed by atoms with van der Waals surface area (Å²) < 4.78 is 32.4. The van der Waals surface area contributed by atoms with Gasteiger partial charge < -0.3 is 4.74 Å². The topological polar surface area (TPSA) is 97.8 Å². The zero-order valence-electron chi connectivity index (χ0n) is 15.9. The highest BCUT2D eigenvalue weighted by Crippen LogP contribution is 2.27. The van der Waals surface area contributed by atoms with Crippen LogP contribution in [0.25, 0.3) is 0 Å². The van der Waals surface area contributed by atoms with Crippen LogP contribution in [0.2, 0.25) is 0 Å². The fraction of sp³-hybridized carbons (Fsp3) is 0.550. The van der Waals surface area contributed by atoms with Crippen molar-refractivity contribution in [2.24, 2.45) is 5.92 Å². The van der Waals surface area contributed by atoms with Crippen LogP contribution in [0.15, 0.2) is 29.2 Å². The van der Waals surface area contributed by atoms with Gasteiger partial charge in [0.15, 0.2) is 17.7 Å². The first kappa shape index (κ1) is 20.7. The molecule has 2 fully saturated rings. The molecule has 0 unspecified atom stereocenters. The van der Waals surface area contributed by atoms with Gasteiger partial charge in [-0.3, -0.25) is 14.4 Å². The predicted octanol–water partition coefficient (Wildman–Crippen LogP) is 2.34. The molecular formula is C20H25NO6S. The van der Waals surface area contributed by atoms with E-state index in [1.807, 2.05) is 0 Å². The predicted molar refractivity (Wildman–Crippen MR) is 101 cm³/mol. The van der Waals surface area contributed by atoms with Crippen LogP contribution in [0.3, 0.4) is 0 Å². The summed E-state index contributed by atoms with van der Waals surface area (Å²) >= 11 is 0. The van der Waals surface area contributed by atoms with Gasteiger partial charge in [0.05, 0.1) is 10.8 Å². The Morgan fingerprint density at radius 1 is 1.11 bits per heavy atom. The number of Topliss-reactive ketones (excluding diaryl/α,β-unsaturated/α-hetero) is 2. The largest absolute Gasteiger partial charge is 0.454 e. The molecule has 0 spiro atoms. The van der Waals surface area contributed by atoms with E-state index in [9.17, 15) is 22.8 Å². The van der Waals surface area contributed by atoms with E-state index >= 15 is 0 Å². The van der Waals surface area contributed by atoms with Gasteiger partial charge in [-0.05, 0) is 51.2 Å². The molecule has 1 saturated heterocycles. The van der Waals surface area contributed by atoms with E-state index < -0.39 is 28.0 Å². The summed E-state index contributed by atoms with van der Waals surface area (Å²) in [6, 6.07) is 5.98. The Labute approximate surface area is 165 Å². The maximum absolute atomic E-state index is 12.9. The fourth-order valence-corrected chi connectivity index (χ4v) is 5.18. The Morgan fingerprint density at radius 3 is 2.46 bits per heavy atom. The number of rotatable bonds is 5. The number of carbonyl (C=O) groups excluding carboxylic acids is 3. The molecule has 152 valence electrons. The summed E-state index contributed by atoms with van der Waals surface area (Å²) in [5, 5.41) is 0. The van der Waals surface area contributed by atoms with Crippen LogP contribution in [-0.2, 0) is 24.3 Å². The zero-order valence-corrected chi connectivity index (χ0v) is 16.7. The lowest BCUT2D eigenvalue weighted by atomic mass is 9.95. The Morgan fingerprint density at radius 2 is 1.82 bits per heavy atom. The normalized spacial score (nSPS) is 22.0. The Bertz CT molecular complexity index is 870. The molecule has 28 heavy (non-hydrogen) atoms. The number of hydrogen-bond donors (Lipinski definition) is 0. The third-order valence-electron chi connectivity index (χ3n) is 5.42. The summed E-state index contributed by atoms with van der Waals surface area (Å²) in [5.41, 5.74) is 0.344. The minimum Gasteiger partial charge on any atom is -0.454 e. The molecule has 0 radical (unpaired) electrons. The fourth-order valence-electron chi connectivity index (χ4n) is 3.67. The highest BCUT2D eigenvalue weighted by atomic mass is 32.2. The monoisotopic (exact) mass is 407 g/mol. The van der Waals surface area contributed by atoms with E-state index in [1.165, 1.54) is 23.4 Å². The number of carbonyl (C=O) groups is 3. The van der Waals surface area contributed by atoms with Gasteiger partial charge >= 0.3 is 5.97 Å². The number of benzene rings is 1. The molecule has 1 aliphatic heterocycles. The van der Waals surface area contributed by atoms with Crippen molar-refractivity contribution in [2.75, 3.05) is 13.1 Å². The van der Waals surface area contributed by atoms with Crippen LogP contribution in [-0.4, -0.2) is 49.5 Å². The van der Waals surface area contributed by atoms with Gasteiger partial charge in [0.1, 0.15) is 0 Å². The highest BCUT2D eigenvalue weighted by molar-refractivity contribution is 7.89. The van der Waals surface area contributed by atoms with Crippen molar-refractivity contribution in [2.45, 2.75) is 56.4 Å². The third kappa shape index (κ3) is 4.50. The Hall–Kier alpha value is -2.06. The van der Waals surface area contributed by atoms with Crippen LogP contribution in [0.1, 0.15) is 55.8 Å². The molecule has 8 heteroatoms. The first-order valence-corrected chi connectivity index (χ1v) is 11.1. The van der Waals surface area contributed by atoms with Crippen LogP contribution >= 0.6 is 0 Å². The lowest BCUT2D eigenvalue weighted by Crippen LogP contribution is -2.42. The van der Waals surface area contributed by atoms with Crippen molar-refractivity contribution >= 4 is 27.6 Å². The number of nitrogens with zero attached hydrogens (tertiary/aromatic N) is 1. The minimum atomic E-state index is -3.73. The van der Waals surface area contributed by atoms with Crippen LogP contribution in [0.4, 0.5) is 0 Å². The molecule has 1 aliphatic carbocycles. The van der Waals surface area contributed by atoms with Gasteiger partial charge in [-0.2, -0.15) is 4.31 Å². The van der Waals surface area contributed by atoms with E-state index in [2.05, 4.69) is 0 Å². The van der Waals surface area contributed by atoms with E-state index in [0.717, 1.165) is 12.8 Å². The van der Waals surface area contributed by atoms with Crippen molar-refractivity contribution in [3.05, 3.63) is 29.8 Å². The van der Waals surface area contributed by atoms with Gasteiger partial charge in [-0.1, -0.05) is 12.1 Å². The maximum atomic E-state index is 12.9. The molecule has 1 saturated carbocycles. The molecule has 3 rings (SSSR count). The molecule has 1 atom stereocenters. The molecular weight excluding hydrogens is 382 g/mol. The zero-order chi connectivity index (χ0) is 20.3. The Balaban J connectivity index is 1.61. The summed E-state index contributed by atoms with van der Waals surface area (Å²) in [6.07, 6.45) is 2.81. The highest BCUT2D eigenvalue weighted by Gasteiger charge is 2.35. The number of sulfonamides is 1. The second kappa shape index (κ2) is 8.53. The van der Waals surface area contributed by atoms with Gasteiger partial charge in [0, 0.05) is 25.1 Å². The van der Waals surface area contributed by atoms with Crippen molar-refractivity contribution in [1.29, 1.82) is 0 Å². The van der Waals surface area contributed by atoms with Gasteiger partial charge in [-0.15, -0.1) is 0 Å². The third-order valence-corrected chi connectivity index (χ3v) is 7.32. The Kier molecular flexibility index (Phi) is 6.30. The van der Waals surface area contributed by atoms with Crippen molar-refractivity contribution in [1.82, 2.24) is 4.31 Å². The first-order valence-electron chi connectivity index (χ1n) is 9.63. The van der Waals surface area contributed by atoms with Gasteiger partial charge in [-0.25, -0.2) is 8.42 Å². The summed E-state index contributed by atoms with van der Waals surface area (Å²) in [6.45, 7) is 1.79. The maximum Gasteiger partial charge on any atom is 0.309 e. The number of ketones is 2. The van der Waals surface area contributed by atoms with E-state index in [1.54, 1.807) is 12.1 Å². The van der Waals surface area contributed by atoms with Crippen LogP contribution in [0.5, 0.6) is 0 Å². The SMILES string of the molecule is CC(=O)c1cccc(S(=O)(=O)N2CCC(C(=O)O[C@@H]3CCCCC3=O)CC2)c1. The second-order valence-corrected chi connectivity index (χ2v) is 9.34. The molecule has 0 aromatic heterocycles. The minimum absolute atomic E-state index is 0.0232. The number of hydrogen-bond acceptors (Lipinski definition) is 6. The molecule has 1 heterocycles. The molecule has 1 aromatic rings. The first-order chi connectivity index (χ1) is 13.3. The van der Waals surface area contributed by atoms with Crippen molar-refractivity contribution in [3.63, 3.8) is 0 Å². The smallest absolute Gasteiger partial charge is 0.309 e. The number of piperidine rings is 1. The summed E-state index contributed by atoms with van der Waals surface area (Å²) in [5.74, 6) is -1.03. The van der Waals surface area contributed by atoms with E-state index in [4.69, 9.17) is 4.74 Å². The number of ether oxygens (including phenoxy) is 1. The molecule has 0 bridgehead atoms. The standard InChI is InChI=1S/C20H25NO6S/c1-14(22)16-5-4-6-17(13-16)28(25,26)21-11-9-15(10-12-21)20(24)27-19-8-3-2-7-18(19)23/h4-6,13,15,19H,2-3,7-12H2,1H3/t19-/m1/s1. The molecule has 1 aromatic carbocycles. The molecule has 7 nitrogen and oxygen atoms in total. The number of esters is 1. The van der Waals surface area contributed by atoms with Gasteiger partial charge in [0.2, 0.25) is 10.0 Å². The second-order valence-electron chi connectivity index (χ2n) is 7.40. The average Bonchev–Trinajstić information content (AvgIpc) is 2.70. The van der Waals surface area contributed by atoms with E-state index in [-0.39, 0.29) is 29.6 Å². The summed E-state index contributed by atoms with van der Waals surface area (Å²) in [7, 11) is -3.73. The summed E-state index contributed by atoms with van der Waals surface area (Å²) in [4.78, 5) is 35.8. The van der Waals surface area contributed by atoms with Crippen LogP contribution < -0.4 is 0 Å². The average molecular weight is 407 g/mol. The molecule has 0 amide bonds. The van der Waals surface area contributed by atoms with Gasteiger partial charge in [0.25, 0.3) is 0 Å². The van der Waals surface area contributed by atoms with Crippen LogP contribution in [0, 0.1) is 5.92 Å². The quantitative estimate of drug-likeness (QED) is 0.549. The van der Waals surface area contributed by atoms with Crippen molar-refractivity contribution in [3.8, 4) is 0 Å². The lowest BCUT2D eigenvalue weighted by molar-refractivity contribution is -0.161.